The van der Waals surface area contributed by atoms with Crippen LogP contribution in [0.1, 0.15) is 11.4 Å². The number of rotatable bonds is 10. The fourth-order valence-corrected chi connectivity index (χ4v) is 4.93. The number of methoxy groups -OCH3 is 1. The van der Waals surface area contributed by atoms with Gasteiger partial charge in [0.05, 0.1) is 18.6 Å². The van der Waals surface area contributed by atoms with Crippen LogP contribution in [-0.2, 0) is 17.8 Å². The first kappa shape index (κ1) is 24.2. The molecule has 0 bridgehead atoms. The van der Waals surface area contributed by atoms with Crippen LogP contribution in [0.3, 0.4) is 0 Å². The third-order valence-corrected chi connectivity index (χ3v) is 7.10. The third-order valence-electron chi connectivity index (χ3n) is 4.85. The molecule has 0 aliphatic rings. The van der Waals surface area contributed by atoms with Crippen LogP contribution < -0.4 is 10.1 Å². The standard InChI is InChI=1S/C24H22BrN5O2S2/c1-3-12-30-21(13-16-4-10-19(32-2)11-5-16)28-29-24(30)34-15-22(31)27-23-26-20(14-33-23)17-6-8-18(25)9-7-17/h3-11,14H,1,12-13,15H2,2H3,(H,26,27,31). The number of hydrogen-bond acceptors (Lipinski definition) is 7. The highest BCUT2D eigenvalue weighted by Crippen LogP contribution is 2.27. The topological polar surface area (TPSA) is 81.9 Å². The summed E-state index contributed by atoms with van der Waals surface area (Å²) in [5.41, 5.74) is 2.92. The first-order chi connectivity index (χ1) is 16.6. The van der Waals surface area contributed by atoms with Crippen molar-refractivity contribution in [2.75, 3.05) is 18.2 Å². The molecular weight excluding hydrogens is 534 g/mol. The van der Waals surface area contributed by atoms with Gasteiger partial charge < -0.3 is 14.6 Å². The van der Waals surface area contributed by atoms with Crippen LogP contribution in [0.2, 0.25) is 0 Å². The van der Waals surface area contributed by atoms with Gasteiger partial charge >= 0.3 is 0 Å². The lowest BCUT2D eigenvalue weighted by Gasteiger charge is -2.08. The second kappa shape index (κ2) is 11.5. The van der Waals surface area contributed by atoms with Crippen molar-refractivity contribution in [2.45, 2.75) is 18.1 Å². The molecule has 0 aliphatic heterocycles. The van der Waals surface area contributed by atoms with Crippen LogP contribution in [0, 0.1) is 0 Å². The second-order valence-corrected chi connectivity index (χ2v) is 9.92. The van der Waals surface area contributed by atoms with Crippen molar-refractivity contribution in [3.63, 3.8) is 0 Å². The number of hydrogen-bond donors (Lipinski definition) is 1. The van der Waals surface area contributed by atoms with Gasteiger partial charge in [0.25, 0.3) is 0 Å². The molecule has 2 heterocycles. The molecule has 7 nitrogen and oxygen atoms in total. The Kier molecular flexibility index (Phi) is 8.15. The molecular formula is C24H22BrN5O2S2. The largest absolute Gasteiger partial charge is 0.497 e. The van der Waals surface area contributed by atoms with Gasteiger partial charge in [-0.1, -0.05) is 58.0 Å². The van der Waals surface area contributed by atoms with Gasteiger partial charge in [-0.2, -0.15) is 0 Å². The van der Waals surface area contributed by atoms with E-state index in [4.69, 9.17) is 4.74 Å². The predicted octanol–water partition coefficient (Wildman–Crippen LogP) is 5.68. The number of nitrogens with one attached hydrogen (secondary N) is 1. The molecule has 0 spiro atoms. The van der Waals surface area contributed by atoms with Gasteiger partial charge in [0, 0.05) is 28.4 Å². The minimum absolute atomic E-state index is 0.147. The highest BCUT2D eigenvalue weighted by atomic mass is 79.9. The molecule has 0 fully saturated rings. The van der Waals surface area contributed by atoms with Crippen molar-refractivity contribution in [2.24, 2.45) is 0 Å². The number of nitrogens with zero attached hydrogens (tertiary/aromatic N) is 4. The highest BCUT2D eigenvalue weighted by Gasteiger charge is 2.15. The summed E-state index contributed by atoms with van der Waals surface area (Å²) in [7, 11) is 1.64. The van der Waals surface area contributed by atoms with Crippen molar-refractivity contribution in [3.05, 3.63) is 82.4 Å². The van der Waals surface area contributed by atoms with Crippen LogP contribution in [0.25, 0.3) is 11.3 Å². The van der Waals surface area contributed by atoms with Crippen molar-refractivity contribution < 1.29 is 9.53 Å². The number of aromatic nitrogens is 4. The Bertz CT molecular complexity index is 1270. The monoisotopic (exact) mass is 555 g/mol. The van der Waals surface area contributed by atoms with Crippen LogP contribution >= 0.6 is 39.0 Å². The predicted molar refractivity (Wildman–Crippen MR) is 141 cm³/mol. The molecule has 0 saturated heterocycles. The molecule has 2 aromatic carbocycles. The number of thiazole rings is 1. The lowest BCUT2D eigenvalue weighted by molar-refractivity contribution is -0.113. The summed E-state index contributed by atoms with van der Waals surface area (Å²) in [5.74, 6) is 1.67. The smallest absolute Gasteiger partial charge is 0.236 e. The maximum atomic E-state index is 12.5. The fraction of sp³-hybridized carbons (Fsp3) is 0.167. The molecule has 0 atom stereocenters. The minimum Gasteiger partial charge on any atom is -0.497 e. The first-order valence-corrected chi connectivity index (χ1v) is 13.0. The summed E-state index contributed by atoms with van der Waals surface area (Å²) in [5, 5.41) is 14.7. The summed E-state index contributed by atoms with van der Waals surface area (Å²) < 4.78 is 8.20. The lowest BCUT2D eigenvalue weighted by atomic mass is 10.1. The zero-order chi connectivity index (χ0) is 23.9. The number of amides is 1. The van der Waals surface area contributed by atoms with E-state index in [0.717, 1.165) is 32.9 Å². The third kappa shape index (κ3) is 6.13. The molecule has 4 aromatic rings. The van der Waals surface area contributed by atoms with E-state index in [-0.39, 0.29) is 11.7 Å². The van der Waals surface area contributed by atoms with E-state index < -0.39 is 0 Å². The van der Waals surface area contributed by atoms with Crippen molar-refractivity contribution in [1.29, 1.82) is 0 Å². The van der Waals surface area contributed by atoms with Crippen LogP contribution in [0.4, 0.5) is 5.13 Å². The Morgan fingerprint density at radius 2 is 1.97 bits per heavy atom. The maximum Gasteiger partial charge on any atom is 0.236 e. The lowest BCUT2D eigenvalue weighted by Crippen LogP contribution is -2.14. The van der Waals surface area contributed by atoms with E-state index in [2.05, 4.69) is 43.0 Å². The Balaban J connectivity index is 1.37. The zero-order valence-electron chi connectivity index (χ0n) is 18.4. The summed E-state index contributed by atoms with van der Waals surface area (Å²) >= 11 is 6.17. The zero-order valence-corrected chi connectivity index (χ0v) is 21.6. The maximum absolute atomic E-state index is 12.5. The van der Waals surface area contributed by atoms with Crippen LogP contribution in [0.5, 0.6) is 5.75 Å². The van der Waals surface area contributed by atoms with Gasteiger partial charge in [0.1, 0.15) is 11.6 Å². The Morgan fingerprint density at radius 3 is 2.68 bits per heavy atom. The van der Waals surface area contributed by atoms with Crippen molar-refractivity contribution in [3.8, 4) is 17.0 Å². The molecule has 0 unspecified atom stereocenters. The normalized spacial score (nSPS) is 10.8. The van der Waals surface area contributed by atoms with Gasteiger partial charge in [-0.3, -0.25) is 4.79 Å². The number of halogens is 1. The molecule has 4 rings (SSSR count). The Morgan fingerprint density at radius 1 is 1.21 bits per heavy atom. The van der Waals surface area contributed by atoms with Gasteiger partial charge in [0.15, 0.2) is 10.3 Å². The minimum atomic E-state index is -0.147. The summed E-state index contributed by atoms with van der Waals surface area (Å²) in [6, 6.07) is 15.7. The molecule has 0 aliphatic carbocycles. The molecule has 174 valence electrons. The van der Waals surface area contributed by atoms with E-state index in [9.17, 15) is 4.79 Å². The number of carbonyl (C=O) groups excluding carboxylic acids is 1. The number of carbonyl (C=O) groups is 1. The Hall–Kier alpha value is -2.95. The average molecular weight is 557 g/mol. The molecule has 1 N–H and O–H groups in total. The van der Waals surface area contributed by atoms with E-state index in [0.29, 0.717) is 23.3 Å². The highest BCUT2D eigenvalue weighted by molar-refractivity contribution is 9.10. The van der Waals surface area contributed by atoms with Gasteiger partial charge in [-0.15, -0.1) is 28.1 Å². The number of anilines is 1. The molecule has 0 saturated carbocycles. The second-order valence-electron chi connectivity index (χ2n) is 7.20. The number of benzene rings is 2. The molecule has 2 aromatic heterocycles. The molecule has 34 heavy (non-hydrogen) atoms. The first-order valence-electron chi connectivity index (χ1n) is 10.4. The van der Waals surface area contributed by atoms with Gasteiger partial charge in [-0.25, -0.2) is 4.98 Å². The molecule has 10 heteroatoms. The van der Waals surface area contributed by atoms with Gasteiger partial charge in [0.2, 0.25) is 5.91 Å². The van der Waals surface area contributed by atoms with Crippen LogP contribution in [-0.4, -0.2) is 38.5 Å². The number of thioether (sulfide) groups is 1. The Labute approximate surface area is 214 Å². The molecule has 1 amide bonds. The number of ether oxygens (including phenoxy) is 1. The fourth-order valence-electron chi connectivity index (χ4n) is 3.16. The SMILES string of the molecule is C=CCn1c(Cc2ccc(OC)cc2)nnc1SCC(=O)Nc1nc(-c2ccc(Br)cc2)cs1. The molecule has 0 radical (unpaired) electrons. The quantitative estimate of drug-likeness (QED) is 0.200. The van der Waals surface area contributed by atoms with E-state index in [1.165, 1.54) is 23.1 Å². The van der Waals surface area contributed by atoms with E-state index >= 15 is 0 Å². The van der Waals surface area contributed by atoms with E-state index in [1.54, 1.807) is 13.2 Å². The van der Waals surface area contributed by atoms with Crippen LogP contribution in [0.15, 0.2) is 76.2 Å². The van der Waals surface area contributed by atoms with E-state index in [1.807, 2.05) is 58.5 Å². The van der Waals surface area contributed by atoms with Crippen molar-refractivity contribution in [1.82, 2.24) is 19.7 Å². The van der Waals surface area contributed by atoms with Gasteiger partial charge in [-0.05, 0) is 29.8 Å². The summed E-state index contributed by atoms with van der Waals surface area (Å²) in [6.07, 6.45) is 2.42. The van der Waals surface area contributed by atoms with Crippen molar-refractivity contribution >= 4 is 50.1 Å². The summed E-state index contributed by atoms with van der Waals surface area (Å²) in [6.45, 7) is 4.40. The average Bonchev–Trinajstić information content (AvgIpc) is 3.46. The number of allylic oxidation sites excluding steroid dienone is 1. The summed E-state index contributed by atoms with van der Waals surface area (Å²) in [4.78, 5) is 17.1.